The number of sulfonamides is 1. The van der Waals surface area contributed by atoms with E-state index in [1.54, 1.807) is 13.8 Å². The molecule has 0 aliphatic carbocycles. The van der Waals surface area contributed by atoms with Crippen LogP contribution in [0.2, 0.25) is 5.02 Å². The zero-order valence-electron chi connectivity index (χ0n) is 12.3. The van der Waals surface area contributed by atoms with Crippen molar-refractivity contribution in [1.82, 2.24) is 4.31 Å². The summed E-state index contributed by atoms with van der Waals surface area (Å²) in [4.78, 5) is 0.156. The molecular weight excluding hydrogens is 312 g/mol. The molecule has 1 aromatic rings. The lowest BCUT2D eigenvalue weighted by Gasteiger charge is -2.22. The van der Waals surface area contributed by atoms with Gasteiger partial charge in [-0.15, -0.1) is 0 Å². The van der Waals surface area contributed by atoms with Gasteiger partial charge in [0.1, 0.15) is 0 Å². The zero-order valence-corrected chi connectivity index (χ0v) is 13.8. The van der Waals surface area contributed by atoms with Crippen LogP contribution in [0, 0.1) is 6.92 Å². The summed E-state index contributed by atoms with van der Waals surface area (Å²) in [7, 11) is -3.61. The smallest absolute Gasteiger partial charge is 0.243 e. The third kappa shape index (κ3) is 3.51. The first-order chi connectivity index (χ1) is 9.63. The number of aliphatic hydroxyl groups is 1. The molecule has 0 radical (unpaired) electrons. The molecule has 21 heavy (non-hydrogen) atoms. The van der Waals surface area contributed by atoms with Crippen molar-refractivity contribution in [1.29, 1.82) is 0 Å². The number of hydrogen-bond donors (Lipinski definition) is 2. The molecule has 3 N–H and O–H groups in total. The molecule has 1 aliphatic rings. The van der Waals surface area contributed by atoms with E-state index in [2.05, 4.69) is 0 Å². The lowest BCUT2D eigenvalue weighted by molar-refractivity contribution is 0.0465. The summed E-state index contributed by atoms with van der Waals surface area (Å²) in [6.07, 6.45) is 1.66. The lowest BCUT2D eigenvalue weighted by Crippen LogP contribution is -2.33. The molecule has 1 aliphatic heterocycles. The van der Waals surface area contributed by atoms with Crippen LogP contribution in [-0.4, -0.2) is 36.5 Å². The standard InChI is InChI=1S/C14H21ClN2O3S/c1-10-8-11(9-12(16)13(10)15)21(19,20)17-6-3-4-14(2,18)5-7-17/h8-9,18H,3-7,16H2,1-2H3. The molecule has 1 atom stereocenters. The van der Waals surface area contributed by atoms with Crippen LogP contribution in [0.15, 0.2) is 17.0 Å². The van der Waals surface area contributed by atoms with Crippen LogP contribution < -0.4 is 5.73 Å². The summed E-state index contributed by atoms with van der Waals surface area (Å²) in [5.41, 5.74) is 5.86. The van der Waals surface area contributed by atoms with E-state index in [0.29, 0.717) is 42.9 Å². The third-order valence-corrected chi connectivity index (χ3v) is 6.31. The topological polar surface area (TPSA) is 83.6 Å². The van der Waals surface area contributed by atoms with Crippen molar-refractivity contribution in [2.24, 2.45) is 0 Å². The molecule has 118 valence electrons. The Morgan fingerprint density at radius 1 is 1.33 bits per heavy atom. The van der Waals surface area contributed by atoms with Gasteiger partial charge in [-0.1, -0.05) is 11.6 Å². The average molecular weight is 333 g/mol. The van der Waals surface area contributed by atoms with Crippen LogP contribution in [0.25, 0.3) is 0 Å². The van der Waals surface area contributed by atoms with Gasteiger partial charge in [-0.2, -0.15) is 4.31 Å². The number of benzene rings is 1. The SMILES string of the molecule is Cc1cc(S(=O)(=O)N2CCCC(C)(O)CC2)cc(N)c1Cl. The van der Waals surface area contributed by atoms with E-state index in [4.69, 9.17) is 17.3 Å². The van der Waals surface area contributed by atoms with Crippen molar-refractivity contribution in [2.45, 2.75) is 43.6 Å². The van der Waals surface area contributed by atoms with Gasteiger partial charge in [0.15, 0.2) is 0 Å². The molecule has 0 spiro atoms. The number of nitrogen functional groups attached to an aromatic ring is 1. The van der Waals surface area contributed by atoms with Crippen molar-refractivity contribution in [3.05, 3.63) is 22.7 Å². The molecule has 0 aromatic heterocycles. The van der Waals surface area contributed by atoms with E-state index in [-0.39, 0.29) is 10.6 Å². The fourth-order valence-electron chi connectivity index (χ4n) is 2.54. The second kappa shape index (κ2) is 5.76. The predicted octanol–water partition coefficient (Wildman–Crippen LogP) is 2.16. The highest BCUT2D eigenvalue weighted by Crippen LogP contribution is 2.30. The van der Waals surface area contributed by atoms with Crippen molar-refractivity contribution in [2.75, 3.05) is 18.8 Å². The van der Waals surface area contributed by atoms with E-state index in [0.717, 1.165) is 0 Å². The molecule has 5 nitrogen and oxygen atoms in total. The Morgan fingerprint density at radius 2 is 2.00 bits per heavy atom. The molecule has 1 fully saturated rings. The first-order valence-electron chi connectivity index (χ1n) is 6.92. The highest BCUT2D eigenvalue weighted by Gasteiger charge is 2.31. The molecule has 0 bridgehead atoms. The normalized spacial score (nSPS) is 24.8. The maximum Gasteiger partial charge on any atom is 0.243 e. The first-order valence-corrected chi connectivity index (χ1v) is 8.73. The second-order valence-electron chi connectivity index (χ2n) is 5.90. The molecule has 1 heterocycles. The Hall–Kier alpha value is -0.820. The number of halogens is 1. The molecule has 0 saturated carbocycles. The van der Waals surface area contributed by atoms with Crippen LogP contribution in [0.1, 0.15) is 31.7 Å². The molecule has 7 heteroatoms. The summed E-state index contributed by atoms with van der Waals surface area (Å²) in [5, 5.41) is 10.5. The number of nitrogens with zero attached hydrogens (tertiary/aromatic N) is 1. The van der Waals surface area contributed by atoms with Gasteiger partial charge in [-0.3, -0.25) is 0 Å². The average Bonchev–Trinajstić information content (AvgIpc) is 2.56. The Morgan fingerprint density at radius 3 is 2.62 bits per heavy atom. The second-order valence-corrected chi connectivity index (χ2v) is 8.21. The van der Waals surface area contributed by atoms with E-state index < -0.39 is 15.6 Å². The summed E-state index contributed by atoms with van der Waals surface area (Å²) in [6.45, 7) is 4.18. The molecule has 1 saturated heterocycles. The van der Waals surface area contributed by atoms with Gasteiger partial charge in [0.05, 0.1) is 21.2 Å². The predicted molar refractivity (Wildman–Crippen MR) is 83.8 cm³/mol. The molecule has 2 rings (SSSR count). The lowest BCUT2D eigenvalue weighted by atomic mass is 9.98. The van der Waals surface area contributed by atoms with Gasteiger partial charge in [-0.05, 0) is 50.8 Å². The van der Waals surface area contributed by atoms with E-state index in [1.165, 1.54) is 16.4 Å². The summed E-state index contributed by atoms with van der Waals surface area (Å²) in [5.74, 6) is 0. The number of aryl methyl sites for hydroxylation is 1. The van der Waals surface area contributed by atoms with Crippen molar-refractivity contribution < 1.29 is 13.5 Å². The minimum absolute atomic E-state index is 0.156. The highest BCUT2D eigenvalue weighted by molar-refractivity contribution is 7.89. The van der Waals surface area contributed by atoms with Gasteiger partial charge in [0.25, 0.3) is 0 Å². The largest absolute Gasteiger partial charge is 0.397 e. The minimum atomic E-state index is -3.61. The fourth-order valence-corrected chi connectivity index (χ4v) is 4.25. The van der Waals surface area contributed by atoms with Crippen LogP contribution in [0.4, 0.5) is 5.69 Å². The molecule has 0 amide bonds. The van der Waals surface area contributed by atoms with Crippen LogP contribution in [-0.2, 0) is 10.0 Å². The van der Waals surface area contributed by atoms with Crippen molar-refractivity contribution >= 4 is 27.3 Å². The van der Waals surface area contributed by atoms with Crippen LogP contribution in [0.3, 0.4) is 0 Å². The number of rotatable bonds is 2. The molecule has 1 unspecified atom stereocenters. The van der Waals surface area contributed by atoms with E-state index in [1.807, 2.05) is 0 Å². The summed E-state index contributed by atoms with van der Waals surface area (Å²) >= 11 is 5.98. The highest BCUT2D eigenvalue weighted by atomic mass is 35.5. The molecular formula is C14H21ClN2O3S. The Kier molecular flexibility index (Phi) is 4.54. The maximum absolute atomic E-state index is 12.7. The van der Waals surface area contributed by atoms with Gasteiger partial charge in [0.2, 0.25) is 10.0 Å². The molecule has 1 aromatic carbocycles. The fraction of sp³-hybridized carbons (Fsp3) is 0.571. The Balaban J connectivity index is 2.34. The summed E-state index contributed by atoms with van der Waals surface area (Å²) in [6, 6.07) is 2.94. The first kappa shape index (κ1) is 16.5. The van der Waals surface area contributed by atoms with E-state index >= 15 is 0 Å². The number of anilines is 1. The zero-order chi connectivity index (χ0) is 15.8. The Bertz CT molecular complexity index is 621. The third-order valence-electron chi connectivity index (χ3n) is 3.92. The van der Waals surface area contributed by atoms with Gasteiger partial charge >= 0.3 is 0 Å². The number of hydrogen-bond acceptors (Lipinski definition) is 4. The van der Waals surface area contributed by atoms with Crippen LogP contribution in [0.5, 0.6) is 0 Å². The summed E-state index contributed by atoms with van der Waals surface area (Å²) < 4.78 is 26.8. The Labute approximate surface area is 130 Å². The van der Waals surface area contributed by atoms with Gasteiger partial charge in [0, 0.05) is 13.1 Å². The maximum atomic E-state index is 12.7. The quantitative estimate of drug-likeness (QED) is 0.813. The van der Waals surface area contributed by atoms with Crippen molar-refractivity contribution in [3.8, 4) is 0 Å². The van der Waals surface area contributed by atoms with E-state index in [9.17, 15) is 13.5 Å². The monoisotopic (exact) mass is 332 g/mol. The van der Waals surface area contributed by atoms with Gasteiger partial charge < -0.3 is 10.8 Å². The van der Waals surface area contributed by atoms with Crippen LogP contribution >= 0.6 is 11.6 Å². The van der Waals surface area contributed by atoms with Gasteiger partial charge in [-0.25, -0.2) is 8.42 Å². The number of nitrogens with two attached hydrogens (primary N) is 1. The minimum Gasteiger partial charge on any atom is -0.397 e. The van der Waals surface area contributed by atoms with Crippen molar-refractivity contribution in [3.63, 3.8) is 0 Å².